The van der Waals surface area contributed by atoms with Gasteiger partial charge < -0.3 is 4.74 Å². The number of rotatable bonds is 0. The molecule has 2 saturated carbocycles. The second-order valence-electron chi connectivity index (χ2n) is 4.15. The van der Waals surface area contributed by atoms with Gasteiger partial charge in [-0.05, 0) is 31.1 Å². The molecule has 2 aliphatic carbocycles. The summed E-state index contributed by atoms with van der Waals surface area (Å²) in [5.41, 5.74) is 0. The summed E-state index contributed by atoms with van der Waals surface area (Å²) >= 11 is 0. The highest BCUT2D eigenvalue weighted by atomic mass is 16.5. The van der Waals surface area contributed by atoms with Crippen molar-refractivity contribution in [2.75, 3.05) is 6.61 Å². The van der Waals surface area contributed by atoms with Crippen LogP contribution in [0.1, 0.15) is 19.3 Å². The molecule has 0 aromatic rings. The number of hydrogen-bond donors (Lipinski definition) is 0. The number of carbonyl (C=O) groups is 1. The largest absolute Gasteiger partial charge is 0.465 e. The lowest BCUT2D eigenvalue weighted by Crippen LogP contribution is -2.22. The third kappa shape index (κ3) is 0.608. The van der Waals surface area contributed by atoms with E-state index in [1.165, 1.54) is 19.3 Å². The molecule has 1 heterocycles. The van der Waals surface area contributed by atoms with Crippen molar-refractivity contribution in [1.29, 1.82) is 0 Å². The van der Waals surface area contributed by atoms with Crippen molar-refractivity contribution < 1.29 is 9.53 Å². The van der Waals surface area contributed by atoms with Crippen LogP contribution in [0.5, 0.6) is 0 Å². The minimum atomic E-state index is 0.0993. The van der Waals surface area contributed by atoms with Gasteiger partial charge >= 0.3 is 5.97 Å². The first-order chi connectivity index (χ1) is 5.36. The maximum absolute atomic E-state index is 11.2. The van der Waals surface area contributed by atoms with Gasteiger partial charge in [-0.15, -0.1) is 0 Å². The van der Waals surface area contributed by atoms with Crippen LogP contribution < -0.4 is 0 Å². The van der Waals surface area contributed by atoms with E-state index in [9.17, 15) is 4.79 Å². The van der Waals surface area contributed by atoms with Crippen molar-refractivity contribution in [2.24, 2.45) is 23.7 Å². The maximum Gasteiger partial charge on any atom is 0.309 e. The van der Waals surface area contributed by atoms with E-state index in [1.807, 2.05) is 0 Å². The van der Waals surface area contributed by atoms with Gasteiger partial charge in [0.2, 0.25) is 0 Å². The summed E-state index contributed by atoms with van der Waals surface area (Å²) in [6.07, 6.45) is 3.94. The normalized spacial score (nSPS) is 52.9. The van der Waals surface area contributed by atoms with Gasteiger partial charge in [0.15, 0.2) is 0 Å². The molecule has 4 atom stereocenters. The van der Waals surface area contributed by atoms with Gasteiger partial charge in [0.1, 0.15) is 0 Å². The molecule has 1 aliphatic heterocycles. The van der Waals surface area contributed by atoms with Gasteiger partial charge in [-0.1, -0.05) is 0 Å². The van der Waals surface area contributed by atoms with Crippen LogP contribution in [0.15, 0.2) is 0 Å². The van der Waals surface area contributed by atoms with Gasteiger partial charge in [-0.25, -0.2) is 0 Å². The first kappa shape index (κ1) is 6.04. The molecule has 60 valence electrons. The number of esters is 1. The Morgan fingerprint density at radius 3 is 2.91 bits per heavy atom. The molecule has 0 amide bonds. The minimum absolute atomic E-state index is 0.0993. The number of carbonyl (C=O) groups excluding carboxylic acids is 1. The van der Waals surface area contributed by atoms with Crippen LogP contribution in [0.3, 0.4) is 0 Å². The summed E-state index contributed by atoms with van der Waals surface area (Å²) in [7, 11) is 0. The smallest absolute Gasteiger partial charge is 0.309 e. The zero-order chi connectivity index (χ0) is 7.42. The molecule has 0 aromatic heterocycles. The monoisotopic (exact) mass is 152 g/mol. The zero-order valence-corrected chi connectivity index (χ0v) is 6.45. The second kappa shape index (κ2) is 1.79. The number of fused-ring (bicyclic) bond motifs is 5. The molecule has 3 aliphatic rings. The van der Waals surface area contributed by atoms with Crippen LogP contribution in [-0.2, 0) is 9.53 Å². The summed E-state index contributed by atoms with van der Waals surface area (Å²) in [5, 5.41) is 0. The van der Waals surface area contributed by atoms with E-state index < -0.39 is 0 Å². The summed E-state index contributed by atoms with van der Waals surface area (Å²) in [6, 6.07) is 0. The summed E-state index contributed by atoms with van der Waals surface area (Å²) in [6.45, 7) is 0.727. The molecule has 2 bridgehead atoms. The predicted octanol–water partition coefficient (Wildman–Crippen LogP) is 1.21. The van der Waals surface area contributed by atoms with E-state index in [4.69, 9.17) is 4.74 Å². The SMILES string of the molecule is O=C1OC[C@@H]2[C@H]3CC[C@H](C3)[C@@H]12. The van der Waals surface area contributed by atoms with Crippen LogP contribution in [0.2, 0.25) is 0 Å². The molecular formula is C9H12O2. The van der Waals surface area contributed by atoms with Gasteiger partial charge in [0.25, 0.3) is 0 Å². The van der Waals surface area contributed by atoms with E-state index in [0.29, 0.717) is 17.8 Å². The fraction of sp³-hybridized carbons (Fsp3) is 0.889. The van der Waals surface area contributed by atoms with E-state index in [2.05, 4.69) is 0 Å². The van der Waals surface area contributed by atoms with Crippen LogP contribution >= 0.6 is 0 Å². The first-order valence-corrected chi connectivity index (χ1v) is 4.53. The minimum Gasteiger partial charge on any atom is -0.465 e. The molecule has 0 unspecified atom stereocenters. The van der Waals surface area contributed by atoms with Crippen molar-refractivity contribution in [3.05, 3.63) is 0 Å². The van der Waals surface area contributed by atoms with Gasteiger partial charge in [-0.3, -0.25) is 4.79 Å². The molecule has 0 radical (unpaired) electrons. The highest BCUT2D eigenvalue weighted by Crippen LogP contribution is 2.54. The molecule has 0 N–H and O–H groups in total. The van der Waals surface area contributed by atoms with Crippen molar-refractivity contribution in [3.63, 3.8) is 0 Å². The Balaban J connectivity index is 1.97. The lowest BCUT2D eigenvalue weighted by molar-refractivity contribution is -0.142. The van der Waals surface area contributed by atoms with Crippen LogP contribution in [-0.4, -0.2) is 12.6 Å². The van der Waals surface area contributed by atoms with Gasteiger partial charge in [0.05, 0.1) is 12.5 Å². The molecular weight excluding hydrogens is 140 g/mol. The Labute approximate surface area is 65.9 Å². The number of ether oxygens (including phenoxy) is 1. The van der Waals surface area contributed by atoms with Gasteiger partial charge in [-0.2, -0.15) is 0 Å². The Bertz CT molecular complexity index is 212. The lowest BCUT2D eigenvalue weighted by atomic mass is 9.81. The van der Waals surface area contributed by atoms with Crippen molar-refractivity contribution in [2.45, 2.75) is 19.3 Å². The van der Waals surface area contributed by atoms with Crippen LogP contribution in [0.25, 0.3) is 0 Å². The number of cyclic esters (lactones) is 1. The Kier molecular flexibility index (Phi) is 0.984. The standard InChI is InChI=1S/C9H12O2/c10-9-8-6-2-1-5(3-6)7(8)4-11-9/h5-8H,1-4H2/t5-,6+,7+,8+/m0/s1. The third-order valence-electron chi connectivity index (χ3n) is 3.78. The molecule has 2 heteroatoms. The molecule has 3 rings (SSSR count). The molecule has 3 fully saturated rings. The highest BCUT2D eigenvalue weighted by molar-refractivity contribution is 5.75. The van der Waals surface area contributed by atoms with Crippen molar-refractivity contribution in [1.82, 2.24) is 0 Å². The molecule has 0 spiro atoms. The first-order valence-electron chi connectivity index (χ1n) is 4.53. The quantitative estimate of drug-likeness (QED) is 0.487. The number of hydrogen-bond acceptors (Lipinski definition) is 2. The maximum atomic E-state index is 11.2. The predicted molar refractivity (Wildman–Crippen MR) is 38.8 cm³/mol. The molecule has 0 aromatic carbocycles. The fourth-order valence-electron chi connectivity index (χ4n) is 3.29. The average molecular weight is 152 g/mol. The Hall–Kier alpha value is -0.530. The van der Waals surface area contributed by atoms with Crippen molar-refractivity contribution in [3.8, 4) is 0 Å². The second-order valence-corrected chi connectivity index (χ2v) is 4.15. The fourth-order valence-corrected chi connectivity index (χ4v) is 3.29. The van der Waals surface area contributed by atoms with Crippen LogP contribution in [0.4, 0.5) is 0 Å². The molecule has 2 nitrogen and oxygen atoms in total. The van der Waals surface area contributed by atoms with E-state index in [-0.39, 0.29) is 5.97 Å². The lowest BCUT2D eigenvalue weighted by Gasteiger charge is -2.19. The summed E-state index contributed by atoms with van der Waals surface area (Å²) in [5.74, 6) is 2.55. The Morgan fingerprint density at radius 2 is 2.09 bits per heavy atom. The van der Waals surface area contributed by atoms with Crippen molar-refractivity contribution >= 4 is 5.97 Å². The van der Waals surface area contributed by atoms with Crippen LogP contribution in [0, 0.1) is 23.7 Å². The van der Waals surface area contributed by atoms with E-state index >= 15 is 0 Å². The summed E-state index contributed by atoms with van der Waals surface area (Å²) in [4.78, 5) is 11.2. The third-order valence-corrected chi connectivity index (χ3v) is 3.78. The zero-order valence-electron chi connectivity index (χ0n) is 6.45. The highest BCUT2D eigenvalue weighted by Gasteiger charge is 2.54. The van der Waals surface area contributed by atoms with Gasteiger partial charge in [0, 0.05) is 5.92 Å². The van der Waals surface area contributed by atoms with E-state index in [0.717, 1.165) is 12.5 Å². The summed E-state index contributed by atoms with van der Waals surface area (Å²) < 4.78 is 5.06. The topological polar surface area (TPSA) is 26.3 Å². The Morgan fingerprint density at radius 1 is 1.27 bits per heavy atom. The van der Waals surface area contributed by atoms with E-state index in [1.54, 1.807) is 0 Å². The molecule has 11 heavy (non-hydrogen) atoms. The average Bonchev–Trinajstić information content (AvgIpc) is 2.60. The molecule has 1 saturated heterocycles.